The fraction of sp³-hybridized carbons (Fsp3) is 0.739. The number of nitrogens with two attached hydrogens (primary N) is 1. The Morgan fingerprint density at radius 1 is 1.03 bits per heavy atom. The highest BCUT2D eigenvalue weighted by molar-refractivity contribution is 7.12. The Labute approximate surface area is 184 Å². The van der Waals surface area contributed by atoms with Crippen LogP contribution in [0.5, 0.6) is 0 Å². The van der Waals surface area contributed by atoms with Gasteiger partial charge in [0.1, 0.15) is 0 Å². The first kappa shape index (κ1) is 21.6. The molecule has 2 aliphatic heterocycles. The number of urea groups is 1. The third kappa shape index (κ3) is 4.67. The molecule has 0 aromatic carbocycles. The van der Waals surface area contributed by atoms with Crippen molar-refractivity contribution in [3.05, 3.63) is 22.4 Å². The van der Waals surface area contributed by atoms with E-state index in [1.54, 1.807) is 0 Å². The summed E-state index contributed by atoms with van der Waals surface area (Å²) in [5, 5.41) is 1.97. The fourth-order valence-corrected chi connectivity index (χ4v) is 6.53. The minimum atomic E-state index is -0.229. The van der Waals surface area contributed by atoms with E-state index in [1.807, 2.05) is 27.3 Å². The molecular formula is C23H36N4O2S. The van der Waals surface area contributed by atoms with Crippen LogP contribution < -0.4 is 5.73 Å². The second kappa shape index (κ2) is 9.69. The average Bonchev–Trinajstić information content (AvgIpc) is 3.30. The average molecular weight is 433 g/mol. The summed E-state index contributed by atoms with van der Waals surface area (Å²) in [4.78, 5) is 32.4. The lowest BCUT2D eigenvalue weighted by molar-refractivity contribution is 0.0362. The van der Waals surface area contributed by atoms with Gasteiger partial charge in [-0.15, -0.1) is 11.3 Å². The topological polar surface area (TPSA) is 69.9 Å². The van der Waals surface area contributed by atoms with Gasteiger partial charge in [-0.1, -0.05) is 25.8 Å². The standard InChI is InChI=1S/C23H36N4O2S/c1-17-5-2-3-6-20(17)27(23(24)29)19-10-12-25(13-11-19)18-8-14-26(15-9-18)22(28)21-7-4-16-30-21/h4,7,16-20H,2-3,5-6,8-15H2,1H3,(H2,24,29)/t17?,20-/m1/s1. The molecule has 1 saturated carbocycles. The predicted octanol–water partition coefficient (Wildman–Crippen LogP) is 3.78. The van der Waals surface area contributed by atoms with E-state index in [9.17, 15) is 9.59 Å². The van der Waals surface area contributed by atoms with E-state index in [0.29, 0.717) is 18.0 Å². The molecule has 3 amide bonds. The Balaban J connectivity index is 1.28. The molecule has 0 bridgehead atoms. The summed E-state index contributed by atoms with van der Waals surface area (Å²) in [7, 11) is 0. The molecule has 0 radical (unpaired) electrons. The SMILES string of the molecule is CC1CCCC[C@H]1N(C(N)=O)C1CCN(C2CCN(C(=O)c3cccs3)CC2)CC1. The van der Waals surface area contributed by atoms with E-state index >= 15 is 0 Å². The second-order valence-corrected chi connectivity index (χ2v) is 10.3. The van der Waals surface area contributed by atoms with Crippen LogP contribution in [-0.4, -0.2) is 70.9 Å². The van der Waals surface area contributed by atoms with E-state index < -0.39 is 0 Å². The molecule has 1 unspecified atom stereocenters. The first-order valence-corrected chi connectivity index (χ1v) is 12.6. The highest BCUT2D eigenvalue weighted by Gasteiger charge is 2.37. The molecule has 166 valence electrons. The number of thiophene rings is 1. The van der Waals surface area contributed by atoms with Crippen molar-refractivity contribution in [2.24, 2.45) is 11.7 Å². The molecule has 2 saturated heterocycles. The van der Waals surface area contributed by atoms with Crippen LogP contribution >= 0.6 is 11.3 Å². The number of rotatable bonds is 4. The lowest BCUT2D eigenvalue weighted by atomic mass is 9.83. The molecule has 1 aromatic heterocycles. The summed E-state index contributed by atoms with van der Waals surface area (Å²) < 4.78 is 0. The number of primary amides is 1. The van der Waals surface area contributed by atoms with Crippen LogP contribution in [0.3, 0.4) is 0 Å². The lowest BCUT2D eigenvalue weighted by Gasteiger charge is -2.47. The van der Waals surface area contributed by atoms with Crippen molar-refractivity contribution < 1.29 is 9.59 Å². The summed E-state index contributed by atoms with van der Waals surface area (Å²) >= 11 is 1.53. The molecule has 3 heterocycles. The van der Waals surface area contributed by atoms with Crippen molar-refractivity contribution in [2.45, 2.75) is 76.4 Å². The number of hydrogen-bond acceptors (Lipinski definition) is 4. The van der Waals surface area contributed by atoms with Crippen LogP contribution in [-0.2, 0) is 0 Å². The van der Waals surface area contributed by atoms with Gasteiger partial charge in [-0.2, -0.15) is 0 Å². The molecule has 3 fully saturated rings. The van der Waals surface area contributed by atoms with E-state index in [0.717, 1.165) is 63.2 Å². The van der Waals surface area contributed by atoms with Crippen molar-refractivity contribution in [3.63, 3.8) is 0 Å². The molecule has 1 aromatic rings. The van der Waals surface area contributed by atoms with Gasteiger partial charge < -0.3 is 20.4 Å². The maximum absolute atomic E-state index is 12.6. The molecule has 2 atom stereocenters. The Morgan fingerprint density at radius 3 is 2.33 bits per heavy atom. The van der Waals surface area contributed by atoms with Crippen molar-refractivity contribution in [1.82, 2.24) is 14.7 Å². The molecule has 6 nitrogen and oxygen atoms in total. The van der Waals surface area contributed by atoms with Gasteiger partial charge in [-0.25, -0.2) is 4.79 Å². The number of nitrogens with zero attached hydrogens (tertiary/aromatic N) is 3. The van der Waals surface area contributed by atoms with Crippen LogP contribution in [0.25, 0.3) is 0 Å². The molecule has 1 aliphatic carbocycles. The number of carbonyl (C=O) groups excluding carboxylic acids is 2. The van der Waals surface area contributed by atoms with Crippen LogP contribution in [0.1, 0.15) is 68.0 Å². The van der Waals surface area contributed by atoms with Crippen molar-refractivity contribution >= 4 is 23.3 Å². The zero-order valence-corrected chi connectivity index (χ0v) is 19.0. The number of amides is 3. The lowest BCUT2D eigenvalue weighted by Crippen LogP contribution is -2.57. The molecule has 30 heavy (non-hydrogen) atoms. The number of hydrogen-bond donors (Lipinski definition) is 1. The predicted molar refractivity (Wildman–Crippen MR) is 121 cm³/mol. The zero-order chi connectivity index (χ0) is 21.1. The third-order valence-electron chi connectivity index (χ3n) is 7.57. The largest absolute Gasteiger partial charge is 0.351 e. The van der Waals surface area contributed by atoms with Gasteiger partial charge in [0, 0.05) is 44.3 Å². The summed E-state index contributed by atoms with van der Waals surface area (Å²) in [6.07, 6.45) is 8.90. The Kier molecular flexibility index (Phi) is 6.98. The van der Waals surface area contributed by atoms with Crippen molar-refractivity contribution in [1.29, 1.82) is 0 Å². The van der Waals surface area contributed by atoms with Gasteiger partial charge >= 0.3 is 6.03 Å². The first-order chi connectivity index (χ1) is 14.5. The van der Waals surface area contributed by atoms with Gasteiger partial charge in [0.15, 0.2) is 0 Å². The highest BCUT2D eigenvalue weighted by Crippen LogP contribution is 2.32. The van der Waals surface area contributed by atoms with E-state index in [1.165, 1.54) is 30.6 Å². The van der Waals surface area contributed by atoms with E-state index in [2.05, 4.69) is 11.8 Å². The zero-order valence-electron chi connectivity index (χ0n) is 18.2. The van der Waals surface area contributed by atoms with Gasteiger partial charge in [-0.05, 0) is 55.9 Å². The Morgan fingerprint density at radius 2 is 1.73 bits per heavy atom. The van der Waals surface area contributed by atoms with Crippen molar-refractivity contribution in [2.75, 3.05) is 26.2 Å². The highest BCUT2D eigenvalue weighted by atomic mass is 32.1. The van der Waals surface area contributed by atoms with Gasteiger partial charge in [0.2, 0.25) is 0 Å². The number of carbonyl (C=O) groups is 2. The summed E-state index contributed by atoms with van der Waals surface area (Å²) in [5.41, 5.74) is 5.86. The minimum absolute atomic E-state index is 0.181. The quantitative estimate of drug-likeness (QED) is 0.787. The maximum Gasteiger partial charge on any atom is 0.315 e. The first-order valence-electron chi connectivity index (χ1n) is 11.7. The molecular weight excluding hydrogens is 396 g/mol. The molecule has 4 rings (SSSR count). The third-order valence-corrected chi connectivity index (χ3v) is 8.43. The van der Waals surface area contributed by atoms with Gasteiger partial charge in [-0.3, -0.25) is 4.79 Å². The smallest absolute Gasteiger partial charge is 0.315 e. The maximum atomic E-state index is 12.6. The van der Waals surface area contributed by atoms with Gasteiger partial charge in [0.05, 0.1) is 4.88 Å². The van der Waals surface area contributed by atoms with Crippen LogP contribution in [0.4, 0.5) is 4.79 Å². The molecule has 0 spiro atoms. The van der Waals surface area contributed by atoms with Crippen LogP contribution in [0.15, 0.2) is 17.5 Å². The molecule has 7 heteroatoms. The summed E-state index contributed by atoms with van der Waals surface area (Å²) in [5.74, 6) is 0.732. The van der Waals surface area contributed by atoms with E-state index in [-0.39, 0.29) is 18.0 Å². The van der Waals surface area contributed by atoms with Crippen LogP contribution in [0.2, 0.25) is 0 Å². The second-order valence-electron chi connectivity index (χ2n) is 9.34. The van der Waals surface area contributed by atoms with E-state index in [4.69, 9.17) is 5.73 Å². The Hall–Kier alpha value is -1.60. The Bertz CT molecular complexity index is 709. The molecule has 2 N–H and O–H groups in total. The number of likely N-dealkylation sites (tertiary alicyclic amines) is 2. The normalized spacial score (nSPS) is 27.2. The molecule has 3 aliphatic rings. The minimum Gasteiger partial charge on any atom is -0.351 e. The monoisotopic (exact) mass is 432 g/mol. The number of piperidine rings is 2. The van der Waals surface area contributed by atoms with Gasteiger partial charge in [0.25, 0.3) is 5.91 Å². The van der Waals surface area contributed by atoms with Crippen LogP contribution in [0, 0.1) is 5.92 Å². The fourth-order valence-electron chi connectivity index (χ4n) is 5.84. The summed E-state index contributed by atoms with van der Waals surface area (Å²) in [6.45, 7) is 6.01. The van der Waals surface area contributed by atoms with Crippen molar-refractivity contribution in [3.8, 4) is 0 Å². The summed E-state index contributed by atoms with van der Waals surface area (Å²) in [6, 6.07) is 4.78.